The highest BCUT2D eigenvalue weighted by atomic mass is 16.6. The first-order valence-electron chi connectivity index (χ1n) is 6.75. The summed E-state index contributed by atoms with van der Waals surface area (Å²) in [5.74, 6) is 0.492. The summed E-state index contributed by atoms with van der Waals surface area (Å²) in [5, 5.41) is 17.3. The van der Waals surface area contributed by atoms with E-state index in [0.717, 1.165) is 12.8 Å². The van der Waals surface area contributed by atoms with Crippen molar-refractivity contribution in [2.45, 2.75) is 38.8 Å². The molecule has 2 atom stereocenters. The van der Waals surface area contributed by atoms with E-state index < -0.39 is 4.92 Å². The van der Waals surface area contributed by atoms with Crippen LogP contribution in [0.15, 0.2) is 6.33 Å². The summed E-state index contributed by atoms with van der Waals surface area (Å²) < 4.78 is 5.44. The Labute approximate surface area is 117 Å². The molecule has 0 saturated carbocycles. The average molecular weight is 281 g/mol. The second-order valence-corrected chi connectivity index (χ2v) is 4.72. The molecule has 1 aliphatic rings. The topological polar surface area (TPSA) is 102 Å². The Morgan fingerprint density at radius 1 is 1.50 bits per heavy atom. The van der Waals surface area contributed by atoms with Gasteiger partial charge in [0.2, 0.25) is 11.6 Å². The van der Waals surface area contributed by atoms with Gasteiger partial charge in [0, 0.05) is 13.2 Å². The third kappa shape index (κ3) is 3.13. The van der Waals surface area contributed by atoms with Crippen LogP contribution in [0.3, 0.4) is 0 Å². The highest BCUT2D eigenvalue weighted by molar-refractivity contribution is 5.69. The summed E-state index contributed by atoms with van der Waals surface area (Å²) in [7, 11) is 0. The highest BCUT2D eigenvalue weighted by Crippen LogP contribution is 2.30. The summed E-state index contributed by atoms with van der Waals surface area (Å²) in [6.07, 6.45) is 3.00. The van der Waals surface area contributed by atoms with Crippen molar-refractivity contribution in [3.8, 4) is 0 Å². The second-order valence-electron chi connectivity index (χ2n) is 4.72. The third-order valence-electron chi connectivity index (χ3n) is 3.25. The first-order chi connectivity index (χ1) is 9.63. The number of ether oxygens (including phenoxy) is 1. The number of hydrogen-bond donors (Lipinski definition) is 2. The number of anilines is 2. The van der Waals surface area contributed by atoms with Crippen LogP contribution >= 0.6 is 0 Å². The standard InChI is InChI=1S/C12H19N5O3/c1-3-5-13-11-10(17(18)19)12(15-7-14-11)16-9-4-6-20-8(9)2/h7-9H,3-6H2,1-2H3,(H2,13,14,15,16). The van der Waals surface area contributed by atoms with Crippen molar-refractivity contribution in [3.63, 3.8) is 0 Å². The summed E-state index contributed by atoms with van der Waals surface area (Å²) >= 11 is 0. The number of rotatable bonds is 6. The van der Waals surface area contributed by atoms with Crippen molar-refractivity contribution in [1.29, 1.82) is 0 Å². The number of nitrogens with zero attached hydrogens (tertiary/aromatic N) is 3. The van der Waals surface area contributed by atoms with Gasteiger partial charge in [-0.1, -0.05) is 6.92 Å². The van der Waals surface area contributed by atoms with E-state index in [9.17, 15) is 10.1 Å². The van der Waals surface area contributed by atoms with Crippen LogP contribution < -0.4 is 10.6 Å². The van der Waals surface area contributed by atoms with Gasteiger partial charge in [-0.25, -0.2) is 9.97 Å². The lowest BCUT2D eigenvalue weighted by Crippen LogP contribution is -2.27. The van der Waals surface area contributed by atoms with Gasteiger partial charge in [-0.05, 0) is 19.8 Å². The molecular weight excluding hydrogens is 262 g/mol. The van der Waals surface area contributed by atoms with Crippen molar-refractivity contribution in [2.24, 2.45) is 0 Å². The van der Waals surface area contributed by atoms with Crippen LogP contribution in [0.2, 0.25) is 0 Å². The lowest BCUT2D eigenvalue weighted by Gasteiger charge is -2.17. The van der Waals surface area contributed by atoms with Crippen LogP contribution in [0.25, 0.3) is 0 Å². The number of nitro groups is 1. The second kappa shape index (κ2) is 6.47. The Morgan fingerprint density at radius 3 is 2.85 bits per heavy atom. The van der Waals surface area contributed by atoms with Gasteiger partial charge in [0.25, 0.3) is 0 Å². The number of hydrogen-bond acceptors (Lipinski definition) is 7. The molecule has 0 amide bonds. The molecule has 1 aromatic heterocycles. The zero-order chi connectivity index (χ0) is 14.5. The summed E-state index contributed by atoms with van der Waals surface area (Å²) in [5.41, 5.74) is -0.111. The van der Waals surface area contributed by atoms with Crippen LogP contribution in [0.5, 0.6) is 0 Å². The van der Waals surface area contributed by atoms with Gasteiger partial charge in [-0.2, -0.15) is 0 Å². The molecule has 0 bridgehead atoms. The normalized spacial score (nSPS) is 21.7. The maximum Gasteiger partial charge on any atom is 0.353 e. The molecule has 8 heteroatoms. The van der Waals surface area contributed by atoms with E-state index in [1.54, 1.807) is 0 Å². The zero-order valence-electron chi connectivity index (χ0n) is 11.6. The minimum atomic E-state index is -0.458. The molecule has 0 radical (unpaired) electrons. The quantitative estimate of drug-likeness (QED) is 0.605. The van der Waals surface area contributed by atoms with Crippen LogP contribution in [0.4, 0.5) is 17.3 Å². The largest absolute Gasteiger partial charge is 0.376 e. The minimum absolute atomic E-state index is 0.0108. The lowest BCUT2D eigenvalue weighted by atomic mass is 10.1. The zero-order valence-corrected chi connectivity index (χ0v) is 11.6. The minimum Gasteiger partial charge on any atom is -0.376 e. The fraction of sp³-hybridized carbons (Fsp3) is 0.667. The Bertz CT molecular complexity index is 482. The number of aromatic nitrogens is 2. The molecular formula is C12H19N5O3. The van der Waals surface area contributed by atoms with E-state index in [0.29, 0.717) is 13.2 Å². The van der Waals surface area contributed by atoms with E-state index in [4.69, 9.17) is 4.74 Å². The molecule has 1 fully saturated rings. The maximum atomic E-state index is 11.3. The summed E-state index contributed by atoms with van der Waals surface area (Å²) in [4.78, 5) is 18.8. The molecule has 0 aromatic carbocycles. The monoisotopic (exact) mass is 281 g/mol. The Balaban J connectivity index is 2.24. The van der Waals surface area contributed by atoms with Gasteiger partial charge in [0.1, 0.15) is 6.33 Å². The van der Waals surface area contributed by atoms with Gasteiger partial charge in [0.15, 0.2) is 0 Å². The van der Waals surface area contributed by atoms with E-state index in [-0.39, 0.29) is 29.5 Å². The predicted molar refractivity (Wildman–Crippen MR) is 74.9 cm³/mol. The smallest absolute Gasteiger partial charge is 0.353 e. The van der Waals surface area contributed by atoms with Gasteiger partial charge in [-0.3, -0.25) is 10.1 Å². The van der Waals surface area contributed by atoms with Gasteiger partial charge in [-0.15, -0.1) is 0 Å². The van der Waals surface area contributed by atoms with Gasteiger partial charge in [0.05, 0.1) is 17.1 Å². The van der Waals surface area contributed by atoms with E-state index in [2.05, 4.69) is 20.6 Å². The fourth-order valence-electron chi connectivity index (χ4n) is 2.13. The first-order valence-corrected chi connectivity index (χ1v) is 6.75. The fourth-order valence-corrected chi connectivity index (χ4v) is 2.13. The SMILES string of the molecule is CCCNc1ncnc(NC2CCOC2C)c1[N+](=O)[O-]. The van der Waals surface area contributed by atoms with Crippen molar-refractivity contribution in [1.82, 2.24) is 9.97 Å². The summed E-state index contributed by atoms with van der Waals surface area (Å²) in [6, 6.07) is 0.0302. The van der Waals surface area contributed by atoms with Crippen LogP contribution in [0.1, 0.15) is 26.7 Å². The molecule has 8 nitrogen and oxygen atoms in total. The third-order valence-corrected chi connectivity index (χ3v) is 3.25. The van der Waals surface area contributed by atoms with E-state index in [1.807, 2.05) is 13.8 Å². The lowest BCUT2D eigenvalue weighted by molar-refractivity contribution is -0.383. The molecule has 0 aliphatic carbocycles. The van der Waals surface area contributed by atoms with Crippen molar-refractivity contribution >= 4 is 17.3 Å². The van der Waals surface area contributed by atoms with Crippen LogP contribution in [-0.4, -0.2) is 40.2 Å². The molecule has 2 unspecified atom stereocenters. The van der Waals surface area contributed by atoms with E-state index in [1.165, 1.54) is 6.33 Å². The molecule has 1 aromatic rings. The maximum absolute atomic E-state index is 11.3. The van der Waals surface area contributed by atoms with Gasteiger partial charge >= 0.3 is 5.69 Å². The number of nitrogens with one attached hydrogen (secondary N) is 2. The Hall–Kier alpha value is -1.96. The first kappa shape index (κ1) is 14.4. The van der Waals surface area contributed by atoms with Crippen LogP contribution in [-0.2, 0) is 4.74 Å². The molecule has 20 heavy (non-hydrogen) atoms. The Morgan fingerprint density at radius 2 is 2.25 bits per heavy atom. The average Bonchev–Trinajstić information content (AvgIpc) is 2.81. The molecule has 0 spiro atoms. The molecule has 2 heterocycles. The highest BCUT2D eigenvalue weighted by Gasteiger charge is 2.29. The molecule has 1 saturated heterocycles. The van der Waals surface area contributed by atoms with Crippen molar-refractivity contribution in [2.75, 3.05) is 23.8 Å². The Kier molecular flexibility index (Phi) is 4.67. The van der Waals surface area contributed by atoms with E-state index >= 15 is 0 Å². The predicted octanol–water partition coefficient (Wildman–Crippen LogP) is 1.80. The molecule has 2 N–H and O–H groups in total. The molecule has 110 valence electrons. The molecule has 2 rings (SSSR count). The summed E-state index contributed by atoms with van der Waals surface area (Å²) in [6.45, 7) is 5.20. The van der Waals surface area contributed by atoms with Gasteiger partial charge < -0.3 is 15.4 Å². The van der Waals surface area contributed by atoms with Crippen molar-refractivity contribution in [3.05, 3.63) is 16.4 Å². The van der Waals surface area contributed by atoms with Crippen LogP contribution in [0, 0.1) is 10.1 Å². The van der Waals surface area contributed by atoms with Crippen molar-refractivity contribution < 1.29 is 9.66 Å². The molecule has 1 aliphatic heterocycles.